The normalized spacial score (nSPS) is 11.8. The highest BCUT2D eigenvalue weighted by Gasteiger charge is 2.19. The zero-order valence-electron chi connectivity index (χ0n) is 26.0. The summed E-state index contributed by atoms with van der Waals surface area (Å²) in [6, 6.07) is 60.1. The van der Waals surface area contributed by atoms with Crippen molar-refractivity contribution >= 4 is 54.4 Å². The fourth-order valence-electron chi connectivity index (χ4n) is 7.30. The Morgan fingerprint density at radius 1 is 0.333 bits per heavy atom. The molecule has 0 atom stereocenters. The lowest BCUT2D eigenvalue weighted by molar-refractivity contribution is 0.996. The standard InChI is InChI=1S/C44H28N4/c1-4-14-29(15-5-1)38-28-39(30-16-6-2-7-17-30)46-44(45-38)48-41-23-13-11-21-35(41)37-25-31-24-36-34-20-10-12-22-40(34)47(33-18-8-3-9-19-33)42(36)26-32(31)27-43(37)48/h1-28H. The molecule has 0 saturated carbocycles. The molecule has 0 spiro atoms. The van der Waals surface area contributed by atoms with Gasteiger partial charge in [0.2, 0.25) is 5.95 Å². The van der Waals surface area contributed by atoms with Crippen LogP contribution in [0.3, 0.4) is 0 Å². The zero-order chi connectivity index (χ0) is 31.6. The molecule has 0 aliphatic rings. The summed E-state index contributed by atoms with van der Waals surface area (Å²) in [5, 5.41) is 7.23. The van der Waals surface area contributed by atoms with E-state index in [0.717, 1.165) is 39.2 Å². The third-order valence-electron chi connectivity index (χ3n) is 9.49. The van der Waals surface area contributed by atoms with E-state index in [2.05, 4.69) is 167 Å². The molecule has 0 saturated heterocycles. The van der Waals surface area contributed by atoms with Gasteiger partial charge in [0, 0.05) is 38.4 Å². The Hall–Kier alpha value is -6.52. The van der Waals surface area contributed by atoms with Crippen LogP contribution in [0.15, 0.2) is 170 Å². The summed E-state index contributed by atoms with van der Waals surface area (Å²) in [5.74, 6) is 0.653. The Bertz CT molecular complexity index is 2760. The average Bonchev–Trinajstić information content (AvgIpc) is 3.65. The van der Waals surface area contributed by atoms with Crippen molar-refractivity contribution in [2.75, 3.05) is 0 Å². The molecule has 3 aromatic heterocycles. The predicted octanol–water partition coefficient (Wildman–Crippen LogP) is 11.2. The molecule has 224 valence electrons. The van der Waals surface area contributed by atoms with Gasteiger partial charge in [-0.2, -0.15) is 0 Å². The monoisotopic (exact) mass is 612 g/mol. The lowest BCUT2D eigenvalue weighted by atomic mass is 10.0. The summed E-state index contributed by atoms with van der Waals surface area (Å²) < 4.78 is 4.61. The number of aromatic nitrogens is 4. The minimum Gasteiger partial charge on any atom is -0.309 e. The van der Waals surface area contributed by atoms with Crippen LogP contribution in [0.1, 0.15) is 0 Å². The van der Waals surface area contributed by atoms with Gasteiger partial charge < -0.3 is 4.57 Å². The molecule has 0 fully saturated rings. The van der Waals surface area contributed by atoms with Gasteiger partial charge in [0.1, 0.15) is 0 Å². The van der Waals surface area contributed by atoms with Gasteiger partial charge in [-0.3, -0.25) is 4.57 Å². The second kappa shape index (κ2) is 10.5. The Morgan fingerprint density at radius 2 is 0.771 bits per heavy atom. The fraction of sp³-hybridized carbons (Fsp3) is 0. The first-order valence-corrected chi connectivity index (χ1v) is 16.3. The van der Waals surface area contributed by atoms with Gasteiger partial charge in [-0.05, 0) is 65.4 Å². The molecule has 10 aromatic rings. The minimum absolute atomic E-state index is 0.653. The third kappa shape index (κ3) is 4.10. The number of fused-ring (bicyclic) bond motifs is 7. The van der Waals surface area contributed by atoms with Crippen molar-refractivity contribution in [1.82, 2.24) is 19.1 Å². The van der Waals surface area contributed by atoms with E-state index in [4.69, 9.17) is 9.97 Å². The topological polar surface area (TPSA) is 35.6 Å². The highest BCUT2D eigenvalue weighted by Crippen LogP contribution is 2.39. The molecule has 3 heterocycles. The first-order chi connectivity index (χ1) is 23.8. The summed E-state index contributed by atoms with van der Waals surface area (Å²) in [4.78, 5) is 10.5. The lowest BCUT2D eigenvalue weighted by Crippen LogP contribution is -2.04. The Kier molecular flexibility index (Phi) is 5.84. The maximum Gasteiger partial charge on any atom is 0.235 e. The molecule has 0 amide bonds. The number of rotatable bonds is 4. The summed E-state index contributed by atoms with van der Waals surface area (Å²) in [7, 11) is 0. The SMILES string of the molecule is c1ccc(-c2cc(-c3ccccc3)nc(-n3c4ccccc4c4cc5cc6c7ccccc7n(-c7ccccc7)c6cc5cc43)n2)cc1. The first-order valence-electron chi connectivity index (χ1n) is 16.3. The third-order valence-corrected chi connectivity index (χ3v) is 9.49. The Morgan fingerprint density at radius 3 is 1.33 bits per heavy atom. The van der Waals surface area contributed by atoms with Crippen LogP contribution >= 0.6 is 0 Å². The maximum absolute atomic E-state index is 5.23. The van der Waals surface area contributed by atoms with Crippen LogP contribution in [-0.4, -0.2) is 19.1 Å². The maximum atomic E-state index is 5.23. The van der Waals surface area contributed by atoms with Crippen molar-refractivity contribution in [2.24, 2.45) is 0 Å². The van der Waals surface area contributed by atoms with Gasteiger partial charge in [-0.25, -0.2) is 9.97 Å². The largest absolute Gasteiger partial charge is 0.309 e. The molecule has 0 N–H and O–H groups in total. The fourth-order valence-corrected chi connectivity index (χ4v) is 7.30. The zero-order valence-corrected chi connectivity index (χ0v) is 26.0. The molecule has 0 radical (unpaired) electrons. The second-order valence-electron chi connectivity index (χ2n) is 12.3. The molecular formula is C44H28N4. The van der Waals surface area contributed by atoms with E-state index in [1.54, 1.807) is 0 Å². The molecule has 0 aliphatic carbocycles. The van der Waals surface area contributed by atoms with Crippen molar-refractivity contribution < 1.29 is 0 Å². The van der Waals surface area contributed by atoms with Crippen molar-refractivity contribution in [2.45, 2.75) is 0 Å². The van der Waals surface area contributed by atoms with Crippen LogP contribution in [0, 0.1) is 0 Å². The second-order valence-corrected chi connectivity index (χ2v) is 12.3. The quantitative estimate of drug-likeness (QED) is 0.198. The number of nitrogens with zero attached hydrogens (tertiary/aromatic N) is 4. The first kappa shape index (κ1) is 26.7. The van der Waals surface area contributed by atoms with Crippen molar-refractivity contribution in [3.05, 3.63) is 170 Å². The van der Waals surface area contributed by atoms with E-state index in [1.807, 2.05) is 12.1 Å². The number of hydrogen-bond donors (Lipinski definition) is 0. The van der Waals surface area contributed by atoms with Crippen LogP contribution in [0.2, 0.25) is 0 Å². The molecule has 7 aromatic carbocycles. The summed E-state index contributed by atoms with van der Waals surface area (Å²) in [6.07, 6.45) is 0. The van der Waals surface area contributed by atoms with Gasteiger partial charge in [-0.1, -0.05) is 115 Å². The van der Waals surface area contributed by atoms with Crippen molar-refractivity contribution in [1.29, 1.82) is 0 Å². The summed E-state index contributed by atoms with van der Waals surface area (Å²) in [5.41, 5.74) is 9.59. The van der Waals surface area contributed by atoms with Crippen LogP contribution in [0.4, 0.5) is 0 Å². The van der Waals surface area contributed by atoms with E-state index in [-0.39, 0.29) is 0 Å². The van der Waals surface area contributed by atoms with Crippen LogP contribution in [-0.2, 0) is 0 Å². The van der Waals surface area contributed by atoms with E-state index in [9.17, 15) is 0 Å². The number of benzene rings is 7. The average molecular weight is 613 g/mol. The summed E-state index contributed by atoms with van der Waals surface area (Å²) in [6.45, 7) is 0. The van der Waals surface area contributed by atoms with Gasteiger partial charge in [0.15, 0.2) is 0 Å². The lowest BCUT2D eigenvalue weighted by Gasteiger charge is -2.12. The van der Waals surface area contributed by atoms with E-state index in [1.165, 1.54) is 43.4 Å². The molecular weight excluding hydrogens is 585 g/mol. The van der Waals surface area contributed by atoms with Gasteiger partial charge in [0.25, 0.3) is 0 Å². The van der Waals surface area contributed by atoms with Crippen molar-refractivity contribution in [3.63, 3.8) is 0 Å². The van der Waals surface area contributed by atoms with Gasteiger partial charge >= 0.3 is 0 Å². The highest BCUT2D eigenvalue weighted by atomic mass is 15.2. The Balaban J connectivity index is 1.29. The predicted molar refractivity (Wildman–Crippen MR) is 199 cm³/mol. The van der Waals surface area contributed by atoms with E-state index in [0.29, 0.717) is 5.95 Å². The Labute approximate surface area is 276 Å². The van der Waals surface area contributed by atoms with Gasteiger partial charge in [0.05, 0.1) is 33.5 Å². The molecule has 4 nitrogen and oxygen atoms in total. The highest BCUT2D eigenvalue weighted by molar-refractivity contribution is 6.18. The number of para-hydroxylation sites is 3. The number of hydrogen-bond acceptors (Lipinski definition) is 2. The van der Waals surface area contributed by atoms with E-state index < -0.39 is 0 Å². The van der Waals surface area contributed by atoms with Crippen LogP contribution < -0.4 is 0 Å². The molecule has 0 aliphatic heterocycles. The summed E-state index contributed by atoms with van der Waals surface area (Å²) >= 11 is 0. The van der Waals surface area contributed by atoms with Gasteiger partial charge in [-0.15, -0.1) is 0 Å². The smallest absolute Gasteiger partial charge is 0.235 e. The molecule has 0 bridgehead atoms. The molecule has 0 unspecified atom stereocenters. The van der Waals surface area contributed by atoms with E-state index >= 15 is 0 Å². The molecule has 48 heavy (non-hydrogen) atoms. The minimum atomic E-state index is 0.653. The molecule has 4 heteroatoms. The van der Waals surface area contributed by atoms with Crippen LogP contribution in [0.25, 0.3) is 88.5 Å². The van der Waals surface area contributed by atoms with Crippen molar-refractivity contribution in [3.8, 4) is 34.2 Å². The van der Waals surface area contributed by atoms with Crippen LogP contribution in [0.5, 0.6) is 0 Å². The molecule has 10 rings (SSSR count).